The van der Waals surface area contributed by atoms with Crippen molar-refractivity contribution in [3.63, 3.8) is 0 Å². The topological polar surface area (TPSA) is 95.5 Å². The molecular formula is C23H38N2O4S. The highest BCUT2D eigenvalue weighted by Crippen LogP contribution is 2.54. The van der Waals surface area contributed by atoms with E-state index in [0.29, 0.717) is 41.7 Å². The number of carboxylic acids is 1. The second-order valence-electron chi connectivity index (χ2n) is 8.49. The Morgan fingerprint density at radius 1 is 0.933 bits per heavy atom. The maximum atomic E-state index is 12.2. The first-order valence-electron chi connectivity index (χ1n) is 11.6. The van der Waals surface area contributed by atoms with Gasteiger partial charge in [-0.05, 0) is 56.8 Å². The molecule has 2 amide bonds. The molecule has 2 aliphatic rings. The van der Waals surface area contributed by atoms with E-state index in [0.717, 1.165) is 38.5 Å². The van der Waals surface area contributed by atoms with Crippen LogP contribution in [0.15, 0.2) is 12.2 Å². The Hall–Kier alpha value is -1.50. The molecule has 0 saturated carbocycles. The van der Waals surface area contributed by atoms with Gasteiger partial charge in [0.25, 0.3) is 0 Å². The second-order valence-corrected chi connectivity index (χ2v) is 9.97. The van der Waals surface area contributed by atoms with E-state index in [9.17, 15) is 14.4 Å². The fourth-order valence-electron chi connectivity index (χ4n) is 4.55. The molecule has 0 spiro atoms. The van der Waals surface area contributed by atoms with Crippen molar-refractivity contribution >= 4 is 29.5 Å². The highest BCUT2D eigenvalue weighted by molar-refractivity contribution is 8.01. The lowest BCUT2D eigenvalue weighted by Gasteiger charge is -2.29. The lowest BCUT2D eigenvalue weighted by molar-refractivity contribution is -0.137. The molecule has 2 heterocycles. The van der Waals surface area contributed by atoms with Gasteiger partial charge in [0.1, 0.15) is 0 Å². The Balaban J connectivity index is 1.65. The molecule has 7 heteroatoms. The van der Waals surface area contributed by atoms with Crippen molar-refractivity contribution in [3.8, 4) is 0 Å². The van der Waals surface area contributed by atoms with E-state index in [2.05, 4.69) is 41.5 Å². The van der Waals surface area contributed by atoms with Crippen LogP contribution >= 0.6 is 11.8 Å². The fraction of sp³-hybridized carbons (Fsp3) is 0.783. The number of carboxylic acid groups (broad SMARTS) is 1. The molecule has 4 atom stereocenters. The molecule has 30 heavy (non-hydrogen) atoms. The van der Waals surface area contributed by atoms with Gasteiger partial charge in [-0.3, -0.25) is 14.4 Å². The number of amides is 2. The number of carbonyl (C=O) groups excluding carboxylic acids is 2. The quantitative estimate of drug-likeness (QED) is 0.266. The summed E-state index contributed by atoms with van der Waals surface area (Å²) in [5.74, 6) is 0.272. The third-order valence-electron chi connectivity index (χ3n) is 6.17. The van der Waals surface area contributed by atoms with E-state index >= 15 is 0 Å². The molecule has 0 aromatic carbocycles. The Morgan fingerprint density at radius 2 is 1.67 bits per heavy atom. The summed E-state index contributed by atoms with van der Waals surface area (Å²) in [5.41, 5.74) is 0. The summed E-state index contributed by atoms with van der Waals surface area (Å²) < 4.78 is 0. The number of hydrogen-bond acceptors (Lipinski definition) is 4. The van der Waals surface area contributed by atoms with Crippen LogP contribution in [-0.4, -0.2) is 46.5 Å². The molecule has 0 radical (unpaired) electrons. The third kappa shape index (κ3) is 8.70. The largest absolute Gasteiger partial charge is 0.481 e. The van der Waals surface area contributed by atoms with Crippen molar-refractivity contribution in [1.29, 1.82) is 0 Å². The maximum Gasteiger partial charge on any atom is 0.303 e. The first kappa shape index (κ1) is 24.8. The highest BCUT2D eigenvalue weighted by atomic mass is 32.2. The number of hydrogen-bond donors (Lipinski definition) is 3. The van der Waals surface area contributed by atoms with Crippen LogP contribution < -0.4 is 10.6 Å². The van der Waals surface area contributed by atoms with Crippen molar-refractivity contribution in [2.75, 3.05) is 13.1 Å². The van der Waals surface area contributed by atoms with Crippen LogP contribution in [0.4, 0.5) is 0 Å². The van der Waals surface area contributed by atoms with Crippen molar-refractivity contribution in [3.05, 3.63) is 12.2 Å². The number of allylic oxidation sites excluding steroid dienone is 2. The summed E-state index contributed by atoms with van der Waals surface area (Å²) in [6.45, 7) is 2.87. The SMILES string of the molecule is CCCCCC(=O)NCC(=O)NC[C@@H]1[C@H](CCC=CCCCC(=O)O)[C@@H]2CC[C@H]1S2. The van der Waals surface area contributed by atoms with E-state index in [1.165, 1.54) is 12.8 Å². The fourth-order valence-corrected chi connectivity index (χ4v) is 6.58. The Kier molecular flexibility index (Phi) is 11.3. The van der Waals surface area contributed by atoms with Gasteiger partial charge in [-0.2, -0.15) is 11.8 Å². The van der Waals surface area contributed by atoms with Gasteiger partial charge in [0, 0.05) is 29.9 Å². The van der Waals surface area contributed by atoms with Gasteiger partial charge < -0.3 is 15.7 Å². The third-order valence-corrected chi connectivity index (χ3v) is 8.04. The molecule has 2 bridgehead atoms. The molecule has 3 N–H and O–H groups in total. The summed E-state index contributed by atoms with van der Waals surface area (Å²) in [7, 11) is 0. The highest BCUT2D eigenvalue weighted by Gasteiger charge is 2.47. The minimum Gasteiger partial charge on any atom is -0.481 e. The van der Waals surface area contributed by atoms with E-state index in [-0.39, 0.29) is 24.8 Å². The number of fused-ring (bicyclic) bond motifs is 2. The average Bonchev–Trinajstić information content (AvgIpc) is 3.31. The summed E-state index contributed by atoms with van der Waals surface area (Å²) >= 11 is 2.09. The predicted octanol–water partition coefficient (Wildman–Crippen LogP) is 3.90. The number of carbonyl (C=O) groups is 3. The summed E-state index contributed by atoms with van der Waals surface area (Å²) in [6, 6.07) is 0. The maximum absolute atomic E-state index is 12.2. The zero-order valence-electron chi connectivity index (χ0n) is 18.2. The number of unbranched alkanes of at least 4 members (excludes halogenated alkanes) is 3. The molecular weight excluding hydrogens is 400 g/mol. The van der Waals surface area contributed by atoms with Crippen molar-refractivity contribution < 1.29 is 19.5 Å². The standard InChI is InChI=1S/C23H38N2O4S/c1-2-3-7-11-21(26)25-16-22(27)24-15-18-17(19-13-14-20(18)30-19)10-8-5-4-6-9-12-23(28)29/h4-5,17-20H,2-3,6-16H2,1H3,(H,24,27)(H,25,26)(H,28,29)/t17-,18+,19-,20+/m0/s1. The lowest BCUT2D eigenvalue weighted by atomic mass is 9.77. The molecule has 2 fully saturated rings. The average molecular weight is 439 g/mol. The molecule has 0 aromatic rings. The van der Waals surface area contributed by atoms with E-state index in [1.807, 2.05) is 0 Å². The first-order valence-corrected chi connectivity index (χ1v) is 12.5. The molecule has 0 unspecified atom stereocenters. The molecule has 2 rings (SSSR count). The van der Waals surface area contributed by atoms with Crippen LogP contribution in [0.1, 0.15) is 77.6 Å². The van der Waals surface area contributed by atoms with Crippen molar-refractivity contribution in [1.82, 2.24) is 10.6 Å². The van der Waals surface area contributed by atoms with Crippen LogP contribution in [0.3, 0.4) is 0 Å². The summed E-state index contributed by atoms with van der Waals surface area (Å²) in [6.07, 6.45) is 14.2. The predicted molar refractivity (Wildman–Crippen MR) is 121 cm³/mol. The lowest BCUT2D eigenvalue weighted by Crippen LogP contribution is -2.42. The zero-order valence-corrected chi connectivity index (χ0v) is 19.1. The molecule has 6 nitrogen and oxygen atoms in total. The van der Waals surface area contributed by atoms with E-state index in [4.69, 9.17) is 5.11 Å². The van der Waals surface area contributed by atoms with E-state index in [1.54, 1.807) is 0 Å². The number of nitrogens with one attached hydrogen (secondary N) is 2. The van der Waals surface area contributed by atoms with Crippen molar-refractivity contribution in [2.45, 2.75) is 88.1 Å². The van der Waals surface area contributed by atoms with Crippen LogP contribution in [0, 0.1) is 11.8 Å². The number of thioether (sulfide) groups is 1. The van der Waals surface area contributed by atoms with Gasteiger partial charge in [-0.25, -0.2) is 0 Å². The molecule has 2 aliphatic heterocycles. The molecule has 170 valence electrons. The van der Waals surface area contributed by atoms with Crippen LogP contribution in [0.5, 0.6) is 0 Å². The van der Waals surface area contributed by atoms with Gasteiger partial charge in [0.15, 0.2) is 0 Å². The first-order chi connectivity index (χ1) is 14.5. The Bertz CT molecular complexity index is 596. The van der Waals surface area contributed by atoms with Crippen LogP contribution in [-0.2, 0) is 14.4 Å². The van der Waals surface area contributed by atoms with Gasteiger partial charge >= 0.3 is 5.97 Å². The molecule has 2 saturated heterocycles. The van der Waals surface area contributed by atoms with Gasteiger partial charge in [-0.1, -0.05) is 31.9 Å². The number of aliphatic carboxylic acids is 1. The smallest absolute Gasteiger partial charge is 0.303 e. The monoisotopic (exact) mass is 438 g/mol. The summed E-state index contributed by atoms with van der Waals surface area (Å²) in [4.78, 5) is 34.5. The Morgan fingerprint density at radius 3 is 2.40 bits per heavy atom. The minimum atomic E-state index is -0.733. The summed E-state index contributed by atoms with van der Waals surface area (Å²) in [5, 5.41) is 15.8. The van der Waals surface area contributed by atoms with Gasteiger partial charge in [-0.15, -0.1) is 0 Å². The van der Waals surface area contributed by atoms with Gasteiger partial charge in [0.2, 0.25) is 11.8 Å². The minimum absolute atomic E-state index is 0.0397. The Labute approximate surface area is 185 Å². The zero-order chi connectivity index (χ0) is 21.8. The number of rotatable bonds is 15. The van der Waals surface area contributed by atoms with Crippen LogP contribution in [0.2, 0.25) is 0 Å². The molecule has 0 aliphatic carbocycles. The van der Waals surface area contributed by atoms with Crippen LogP contribution in [0.25, 0.3) is 0 Å². The molecule has 0 aromatic heterocycles. The normalized spacial score (nSPS) is 25.0. The van der Waals surface area contributed by atoms with E-state index < -0.39 is 5.97 Å². The second kappa shape index (κ2) is 13.7. The van der Waals surface area contributed by atoms with Gasteiger partial charge in [0.05, 0.1) is 6.54 Å². The van der Waals surface area contributed by atoms with Crippen molar-refractivity contribution in [2.24, 2.45) is 11.8 Å².